The summed E-state index contributed by atoms with van der Waals surface area (Å²) in [5.41, 5.74) is 3.05. The Kier molecular flexibility index (Phi) is 8.27. The van der Waals surface area contributed by atoms with Crippen LogP contribution in [0.3, 0.4) is 0 Å². The zero-order valence-corrected chi connectivity index (χ0v) is 17.6. The molecular weight excluding hydrogens is 426 g/mol. The number of nitrogens with zero attached hydrogens (tertiary/aromatic N) is 2. The number of benzene rings is 2. The van der Waals surface area contributed by atoms with Gasteiger partial charge < -0.3 is 29.9 Å². The number of carboxylic acids is 2. The number of aromatic hydroxyl groups is 1. The lowest BCUT2D eigenvalue weighted by Gasteiger charge is -2.11. The molecule has 0 unspecified atom stereocenters. The molecule has 0 saturated carbocycles. The van der Waals surface area contributed by atoms with Gasteiger partial charge in [0.15, 0.2) is 11.5 Å². The normalized spacial score (nSPS) is 10.0. The Morgan fingerprint density at radius 2 is 1.77 bits per heavy atom. The summed E-state index contributed by atoms with van der Waals surface area (Å²) in [6.45, 7) is 2.97. The minimum absolute atomic E-state index is 0.146. The molecule has 3 rings (SSSR count). The lowest BCUT2D eigenvalue weighted by Crippen LogP contribution is -2.09. The Balaban J connectivity index is 0.000000501. The van der Waals surface area contributed by atoms with Crippen LogP contribution >= 0.6 is 11.6 Å². The number of phenolic OH excluding ortho intramolecular Hbond substituents is 1. The number of nitrogens with one attached hydrogen (secondary N) is 1. The lowest BCUT2D eigenvalue weighted by molar-refractivity contribution is -0.159. The highest BCUT2D eigenvalue weighted by Crippen LogP contribution is 2.28. The van der Waals surface area contributed by atoms with Crippen molar-refractivity contribution >= 4 is 29.5 Å². The van der Waals surface area contributed by atoms with Crippen molar-refractivity contribution in [1.29, 1.82) is 0 Å². The number of phenols is 1. The van der Waals surface area contributed by atoms with Crippen molar-refractivity contribution in [2.45, 2.75) is 13.5 Å². The van der Waals surface area contributed by atoms with Gasteiger partial charge in [0.25, 0.3) is 0 Å². The van der Waals surface area contributed by atoms with Crippen LogP contribution in [-0.2, 0) is 23.2 Å². The third kappa shape index (κ3) is 6.65. The third-order valence-electron chi connectivity index (χ3n) is 4.09. The summed E-state index contributed by atoms with van der Waals surface area (Å²) in [6, 6.07) is 13.0. The zero-order valence-electron chi connectivity index (χ0n) is 16.9. The Morgan fingerprint density at radius 3 is 2.35 bits per heavy atom. The quantitative estimate of drug-likeness (QED) is 0.421. The van der Waals surface area contributed by atoms with Gasteiger partial charge in [0, 0.05) is 18.6 Å². The zero-order chi connectivity index (χ0) is 23.0. The van der Waals surface area contributed by atoms with Crippen molar-refractivity contribution in [2.24, 2.45) is 7.05 Å². The minimum Gasteiger partial charge on any atom is -0.504 e. The van der Waals surface area contributed by atoms with Crippen LogP contribution in [0.4, 0.5) is 5.95 Å². The van der Waals surface area contributed by atoms with E-state index in [-0.39, 0.29) is 5.75 Å². The first-order valence-electron chi connectivity index (χ1n) is 9.15. The number of halogens is 1. The second kappa shape index (κ2) is 10.9. The highest BCUT2D eigenvalue weighted by molar-refractivity contribution is 6.30. The number of ether oxygens (including phenoxy) is 1. The highest BCUT2D eigenvalue weighted by Gasteiger charge is 2.09. The van der Waals surface area contributed by atoms with Crippen LogP contribution in [0.25, 0.3) is 11.3 Å². The maximum absolute atomic E-state index is 9.77. The van der Waals surface area contributed by atoms with Gasteiger partial charge in [-0.2, -0.15) is 0 Å². The molecule has 1 aromatic heterocycles. The molecule has 0 radical (unpaired) electrons. The third-order valence-corrected chi connectivity index (χ3v) is 4.34. The van der Waals surface area contributed by atoms with Crippen LogP contribution < -0.4 is 10.1 Å². The van der Waals surface area contributed by atoms with Gasteiger partial charge in [0.2, 0.25) is 5.95 Å². The summed E-state index contributed by atoms with van der Waals surface area (Å²) in [7, 11) is 1.96. The van der Waals surface area contributed by atoms with Crippen molar-refractivity contribution < 1.29 is 29.6 Å². The highest BCUT2D eigenvalue weighted by atomic mass is 35.5. The fourth-order valence-electron chi connectivity index (χ4n) is 2.58. The predicted molar refractivity (Wildman–Crippen MR) is 116 cm³/mol. The van der Waals surface area contributed by atoms with Gasteiger partial charge >= 0.3 is 11.9 Å². The van der Waals surface area contributed by atoms with Crippen LogP contribution in [0.2, 0.25) is 5.02 Å². The minimum atomic E-state index is -1.82. The molecule has 0 amide bonds. The molecule has 0 bridgehead atoms. The summed E-state index contributed by atoms with van der Waals surface area (Å²) in [5, 5.41) is 28.6. The molecule has 0 spiro atoms. The number of carbonyl (C=O) groups is 2. The van der Waals surface area contributed by atoms with Crippen LogP contribution in [-0.4, -0.2) is 43.4 Å². The van der Waals surface area contributed by atoms with E-state index in [9.17, 15) is 5.11 Å². The van der Waals surface area contributed by atoms with E-state index in [2.05, 4.69) is 10.3 Å². The largest absolute Gasteiger partial charge is 0.504 e. The number of anilines is 1. The van der Waals surface area contributed by atoms with Gasteiger partial charge in [-0.25, -0.2) is 14.6 Å². The number of imidazole rings is 1. The second-order valence-corrected chi connectivity index (χ2v) is 6.67. The number of aromatic nitrogens is 2. The summed E-state index contributed by atoms with van der Waals surface area (Å²) >= 11 is 5.95. The number of hydrogen-bond acceptors (Lipinski definition) is 6. The van der Waals surface area contributed by atoms with Gasteiger partial charge in [-0.3, -0.25) is 0 Å². The monoisotopic (exact) mass is 447 g/mol. The van der Waals surface area contributed by atoms with Crippen molar-refractivity contribution in [3.63, 3.8) is 0 Å². The van der Waals surface area contributed by atoms with Crippen molar-refractivity contribution in [1.82, 2.24) is 9.55 Å². The number of carboxylic acid groups (broad SMARTS) is 2. The molecule has 0 aliphatic rings. The fourth-order valence-corrected chi connectivity index (χ4v) is 2.71. The SMILES string of the molecule is CCOc1cc(CNc2ncc(-c3ccc(Cl)cc3)n2C)ccc1O.O=C(O)C(=O)O. The smallest absolute Gasteiger partial charge is 0.414 e. The summed E-state index contributed by atoms with van der Waals surface area (Å²) in [4.78, 5) is 22.6. The molecule has 3 aromatic rings. The molecule has 164 valence electrons. The summed E-state index contributed by atoms with van der Waals surface area (Å²) in [5.74, 6) is -2.25. The van der Waals surface area contributed by atoms with E-state index < -0.39 is 11.9 Å². The van der Waals surface area contributed by atoms with E-state index in [1.807, 2.05) is 61.1 Å². The van der Waals surface area contributed by atoms with E-state index in [1.54, 1.807) is 6.07 Å². The molecular formula is C21H22ClN3O6. The maximum atomic E-state index is 9.77. The average Bonchev–Trinajstić information content (AvgIpc) is 3.10. The molecule has 9 nitrogen and oxygen atoms in total. The molecule has 0 fully saturated rings. The second-order valence-electron chi connectivity index (χ2n) is 6.23. The van der Waals surface area contributed by atoms with Gasteiger partial charge in [0.1, 0.15) is 0 Å². The van der Waals surface area contributed by atoms with E-state index in [0.717, 1.165) is 22.8 Å². The average molecular weight is 448 g/mol. The van der Waals surface area contributed by atoms with Crippen LogP contribution in [0.1, 0.15) is 12.5 Å². The Morgan fingerprint density at radius 1 is 1.13 bits per heavy atom. The first-order valence-corrected chi connectivity index (χ1v) is 9.53. The Labute approximate surface area is 183 Å². The summed E-state index contributed by atoms with van der Waals surface area (Å²) in [6.07, 6.45) is 1.83. The molecule has 1 heterocycles. The van der Waals surface area contributed by atoms with Gasteiger partial charge in [-0.1, -0.05) is 29.8 Å². The van der Waals surface area contributed by atoms with E-state index in [1.165, 1.54) is 0 Å². The van der Waals surface area contributed by atoms with E-state index in [0.29, 0.717) is 23.9 Å². The van der Waals surface area contributed by atoms with Crippen LogP contribution in [0.5, 0.6) is 11.5 Å². The van der Waals surface area contributed by atoms with E-state index >= 15 is 0 Å². The molecule has 2 aromatic carbocycles. The van der Waals surface area contributed by atoms with Crippen LogP contribution in [0.15, 0.2) is 48.7 Å². The van der Waals surface area contributed by atoms with Crippen LogP contribution in [0, 0.1) is 0 Å². The molecule has 0 saturated heterocycles. The molecule has 31 heavy (non-hydrogen) atoms. The lowest BCUT2D eigenvalue weighted by atomic mass is 10.2. The first kappa shape index (κ1) is 23.6. The molecule has 10 heteroatoms. The Hall–Kier alpha value is -3.72. The topological polar surface area (TPSA) is 134 Å². The molecule has 0 aliphatic heterocycles. The van der Waals surface area contributed by atoms with Crippen molar-refractivity contribution in [2.75, 3.05) is 11.9 Å². The van der Waals surface area contributed by atoms with Gasteiger partial charge in [0.05, 0.1) is 18.5 Å². The standard InChI is InChI=1S/C19H20ClN3O2.C2H2O4/c1-3-25-18-10-13(4-9-17(18)24)11-21-19-22-12-16(23(19)2)14-5-7-15(20)8-6-14;3-1(4)2(5)6/h4-10,12,24H,3,11H2,1-2H3,(H,21,22);(H,3,4)(H,5,6). The van der Waals surface area contributed by atoms with Gasteiger partial charge in [-0.05, 0) is 42.3 Å². The first-order chi connectivity index (χ1) is 14.7. The predicted octanol–water partition coefficient (Wildman–Crippen LogP) is 3.61. The molecule has 4 N–H and O–H groups in total. The van der Waals surface area contributed by atoms with Crippen molar-refractivity contribution in [3.8, 4) is 22.8 Å². The number of rotatable bonds is 6. The number of aliphatic carboxylic acids is 2. The van der Waals surface area contributed by atoms with Gasteiger partial charge in [-0.15, -0.1) is 0 Å². The van der Waals surface area contributed by atoms with Crippen molar-refractivity contribution in [3.05, 3.63) is 59.2 Å². The molecule has 0 atom stereocenters. The maximum Gasteiger partial charge on any atom is 0.414 e. The Bertz CT molecular complexity index is 1040. The number of hydrogen-bond donors (Lipinski definition) is 4. The van der Waals surface area contributed by atoms with E-state index in [4.69, 9.17) is 36.1 Å². The molecule has 0 aliphatic carbocycles. The summed E-state index contributed by atoms with van der Waals surface area (Å²) < 4.78 is 7.41. The fraction of sp³-hybridized carbons (Fsp3) is 0.190.